The molecule has 0 aromatic heterocycles. The minimum Gasteiger partial charge on any atom is -0.483 e. The fourth-order valence-corrected chi connectivity index (χ4v) is 4.32. The first-order valence-electron chi connectivity index (χ1n) is 11.9. The van der Waals surface area contributed by atoms with Gasteiger partial charge in [0.1, 0.15) is 5.75 Å². The highest BCUT2D eigenvalue weighted by molar-refractivity contribution is 7.80. The predicted octanol–water partition coefficient (Wildman–Crippen LogP) is 4.07. The van der Waals surface area contributed by atoms with E-state index < -0.39 is 11.8 Å². The van der Waals surface area contributed by atoms with Gasteiger partial charge in [-0.3, -0.25) is 30.6 Å². The Balaban J connectivity index is 1.20. The summed E-state index contributed by atoms with van der Waals surface area (Å²) in [6, 6.07) is 19.9. The molecule has 1 fully saturated rings. The normalized spacial score (nSPS) is 13.4. The number of carbonyl (C=O) groups excluding carboxylic acids is 3. The lowest BCUT2D eigenvalue weighted by atomic mass is 9.88. The first-order valence-corrected chi connectivity index (χ1v) is 12.3. The first kappa shape index (κ1) is 25.1. The predicted molar refractivity (Wildman–Crippen MR) is 142 cm³/mol. The summed E-state index contributed by atoms with van der Waals surface area (Å²) >= 11 is 5.08. The van der Waals surface area contributed by atoms with Gasteiger partial charge >= 0.3 is 0 Å². The van der Waals surface area contributed by atoms with Crippen LogP contribution in [0.2, 0.25) is 0 Å². The number of thiocarbonyl (C=S) groups is 1. The number of anilines is 1. The third kappa shape index (κ3) is 6.79. The van der Waals surface area contributed by atoms with Gasteiger partial charge in [-0.05, 0) is 60.8 Å². The summed E-state index contributed by atoms with van der Waals surface area (Å²) < 4.78 is 5.64. The Labute approximate surface area is 214 Å². The maximum absolute atomic E-state index is 12.4. The number of benzene rings is 3. The molecule has 3 amide bonds. The van der Waals surface area contributed by atoms with E-state index in [1.165, 1.54) is 6.42 Å². The van der Waals surface area contributed by atoms with Crippen molar-refractivity contribution in [2.24, 2.45) is 5.92 Å². The molecule has 0 spiro atoms. The van der Waals surface area contributed by atoms with Gasteiger partial charge < -0.3 is 10.1 Å². The van der Waals surface area contributed by atoms with Crippen LogP contribution in [0.3, 0.4) is 0 Å². The minimum absolute atomic E-state index is 0.0269. The van der Waals surface area contributed by atoms with Crippen molar-refractivity contribution < 1.29 is 19.1 Å². The van der Waals surface area contributed by atoms with Gasteiger partial charge in [0.05, 0.1) is 0 Å². The monoisotopic (exact) mass is 504 g/mol. The second kappa shape index (κ2) is 12.1. The molecule has 0 radical (unpaired) electrons. The van der Waals surface area contributed by atoms with Crippen molar-refractivity contribution in [1.29, 1.82) is 0 Å². The van der Waals surface area contributed by atoms with E-state index in [0.29, 0.717) is 17.0 Å². The summed E-state index contributed by atoms with van der Waals surface area (Å²) in [5, 5.41) is 7.23. The summed E-state index contributed by atoms with van der Waals surface area (Å²) in [6.45, 7) is -0.238. The molecule has 8 nitrogen and oxygen atoms in total. The number of hydrogen-bond donors (Lipinski definition) is 4. The van der Waals surface area contributed by atoms with E-state index in [9.17, 15) is 14.4 Å². The molecule has 36 heavy (non-hydrogen) atoms. The van der Waals surface area contributed by atoms with E-state index in [1.807, 2.05) is 36.4 Å². The molecule has 0 bridgehead atoms. The largest absolute Gasteiger partial charge is 0.483 e. The highest BCUT2D eigenvalue weighted by Gasteiger charge is 2.21. The van der Waals surface area contributed by atoms with Gasteiger partial charge in [-0.25, -0.2) is 0 Å². The van der Waals surface area contributed by atoms with Crippen molar-refractivity contribution in [2.45, 2.75) is 32.1 Å². The van der Waals surface area contributed by atoms with Crippen LogP contribution in [0.4, 0.5) is 5.69 Å². The van der Waals surface area contributed by atoms with E-state index in [4.69, 9.17) is 17.0 Å². The summed E-state index contributed by atoms with van der Waals surface area (Å²) in [7, 11) is 0. The lowest BCUT2D eigenvalue weighted by molar-refractivity contribution is -0.122. The van der Waals surface area contributed by atoms with Crippen LogP contribution in [0.15, 0.2) is 66.7 Å². The van der Waals surface area contributed by atoms with E-state index >= 15 is 0 Å². The average molecular weight is 505 g/mol. The Kier molecular flexibility index (Phi) is 8.46. The number of fused-ring (bicyclic) bond motifs is 1. The zero-order valence-electron chi connectivity index (χ0n) is 19.7. The summed E-state index contributed by atoms with van der Waals surface area (Å²) in [4.78, 5) is 37.0. The van der Waals surface area contributed by atoms with Gasteiger partial charge in [-0.2, -0.15) is 0 Å². The third-order valence-electron chi connectivity index (χ3n) is 6.04. The maximum atomic E-state index is 12.4. The fourth-order valence-electron chi connectivity index (χ4n) is 4.16. The molecule has 3 aromatic carbocycles. The number of hydrazine groups is 1. The van der Waals surface area contributed by atoms with Crippen molar-refractivity contribution in [1.82, 2.24) is 16.2 Å². The Morgan fingerprint density at radius 3 is 2.36 bits per heavy atom. The molecule has 0 saturated heterocycles. The number of amides is 3. The molecule has 4 N–H and O–H groups in total. The Morgan fingerprint density at radius 2 is 1.58 bits per heavy atom. The standard InChI is InChI=1S/C27H28N4O4S/c32-24(17-35-23-12-6-10-18-7-4-5-11-22(18)23)29-27(36)31-30-26(34)20-13-15-21(16-14-20)28-25(33)19-8-2-1-3-9-19/h4-7,10-16,19H,1-3,8-9,17H2,(H,28,33)(H,30,34)(H2,29,31,32,36). The second-order valence-electron chi connectivity index (χ2n) is 8.62. The Morgan fingerprint density at radius 1 is 0.861 bits per heavy atom. The molecular formula is C27H28N4O4S. The molecule has 1 saturated carbocycles. The molecule has 4 rings (SSSR count). The van der Waals surface area contributed by atoms with Gasteiger partial charge in [0.25, 0.3) is 11.8 Å². The lowest BCUT2D eigenvalue weighted by Crippen LogP contribution is -2.49. The average Bonchev–Trinajstić information content (AvgIpc) is 2.91. The molecule has 0 atom stereocenters. The molecule has 9 heteroatoms. The minimum atomic E-state index is -0.465. The number of hydrogen-bond acceptors (Lipinski definition) is 5. The van der Waals surface area contributed by atoms with E-state index in [2.05, 4.69) is 21.5 Å². The first-order chi connectivity index (χ1) is 17.5. The van der Waals surface area contributed by atoms with Crippen LogP contribution in [0.1, 0.15) is 42.5 Å². The van der Waals surface area contributed by atoms with Crippen molar-refractivity contribution >= 4 is 51.5 Å². The molecule has 3 aromatic rings. The van der Waals surface area contributed by atoms with Crippen LogP contribution >= 0.6 is 12.2 Å². The molecule has 0 aliphatic heterocycles. The van der Waals surface area contributed by atoms with E-state index in [-0.39, 0.29) is 23.5 Å². The zero-order chi connectivity index (χ0) is 25.3. The van der Waals surface area contributed by atoms with Crippen LogP contribution < -0.4 is 26.2 Å². The van der Waals surface area contributed by atoms with Crippen LogP contribution in [-0.2, 0) is 9.59 Å². The highest BCUT2D eigenvalue weighted by Crippen LogP contribution is 2.26. The SMILES string of the molecule is O=C(COc1cccc2ccccc12)NC(=S)NNC(=O)c1ccc(NC(=O)C2CCCCC2)cc1. The highest BCUT2D eigenvalue weighted by atomic mass is 32.1. The van der Waals surface area contributed by atoms with Crippen LogP contribution in [0.5, 0.6) is 5.75 Å². The van der Waals surface area contributed by atoms with Gasteiger partial charge in [-0.15, -0.1) is 0 Å². The number of nitrogens with one attached hydrogen (secondary N) is 4. The molecule has 0 heterocycles. The fraction of sp³-hybridized carbons (Fsp3) is 0.259. The van der Waals surface area contributed by atoms with Crippen molar-refractivity contribution in [3.63, 3.8) is 0 Å². The lowest BCUT2D eigenvalue weighted by Gasteiger charge is -2.20. The van der Waals surface area contributed by atoms with Gasteiger partial charge in [-0.1, -0.05) is 55.7 Å². The van der Waals surface area contributed by atoms with Gasteiger partial charge in [0, 0.05) is 22.6 Å². The molecule has 0 unspecified atom stereocenters. The topological polar surface area (TPSA) is 109 Å². The van der Waals surface area contributed by atoms with Crippen molar-refractivity contribution in [2.75, 3.05) is 11.9 Å². The molecular weight excluding hydrogens is 476 g/mol. The van der Waals surface area contributed by atoms with Crippen molar-refractivity contribution in [3.05, 3.63) is 72.3 Å². The third-order valence-corrected chi connectivity index (χ3v) is 6.25. The van der Waals surface area contributed by atoms with Gasteiger partial charge in [0.15, 0.2) is 11.7 Å². The summed E-state index contributed by atoms with van der Waals surface area (Å²) in [6.07, 6.45) is 5.20. The van der Waals surface area contributed by atoms with Crippen LogP contribution in [-0.4, -0.2) is 29.4 Å². The van der Waals surface area contributed by atoms with Crippen molar-refractivity contribution in [3.8, 4) is 5.75 Å². The quantitative estimate of drug-likeness (QED) is 0.298. The maximum Gasteiger partial charge on any atom is 0.269 e. The summed E-state index contributed by atoms with van der Waals surface area (Å²) in [5.41, 5.74) is 5.95. The Hall–Kier alpha value is -3.98. The van der Waals surface area contributed by atoms with Gasteiger partial charge in [0.2, 0.25) is 5.91 Å². The zero-order valence-corrected chi connectivity index (χ0v) is 20.5. The van der Waals surface area contributed by atoms with E-state index in [1.54, 1.807) is 30.3 Å². The number of ether oxygens (including phenoxy) is 1. The molecule has 1 aliphatic carbocycles. The Bertz CT molecular complexity index is 1250. The number of rotatable bonds is 6. The summed E-state index contributed by atoms with van der Waals surface area (Å²) in [5.74, 6) is -0.232. The van der Waals surface area contributed by atoms with E-state index in [0.717, 1.165) is 36.5 Å². The van der Waals surface area contributed by atoms with Crippen LogP contribution in [0, 0.1) is 5.92 Å². The van der Waals surface area contributed by atoms with Crippen LogP contribution in [0.25, 0.3) is 10.8 Å². The number of carbonyl (C=O) groups is 3. The molecule has 186 valence electrons. The second-order valence-corrected chi connectivity index (χ2v) is 9.03. The molecule has 1 aliphatic rings. The smallest absolute Gasteiger partial charge is 0.269 e.